The second-order valence-electron chi connectivity index (χ2n) is 6.27. The summed E-state index contributed by atoms with van der Waals surface area (Å²) in [7, 11) is 1.51. The van der Waals surface area contributed by atoms with E-state index in [0.29, 0.717) is 27.0 Å². The van der Waals surface area contributed by atoms with Crippen LogP contribution in [0.25, 0.3) is 5.76 Å². The quantitative estimate of drug-likeness (QED) is 0.379. The van der Waals surface area contributed by atoms with Crippen LogP contribution in [0.2, 0.25) is 5.02 Å². The summed E-state index contributed by atoms with van der Waals surface area (Å²) in [6.45, 7) is 0. The number of methoxy groups -OCH3 is 1. The molecule has 8 heteroatoms. The van der Waals surface area contributed by atoms with Crippen LogP contribution in [0.15, 0.2) is 65.7 Å². The summed E-state index contributed by atoms with van der Waals surface area (Å²) in [4.78, 5) is 31.3. The SMILES string of the molecule is COc1cccc(/C(O)=C2\C(=O)C(=O)N(c3nccs3)C2c2cccc(Cl)c2)c1. The van der Waals surface area contributed by atoms with E-state index in [1.54, 1.807) is 60.1 Å². The molecule has 1 saturated heterocycles. The van der Waals surface area contributed by atoms with E-state index in [4.69, 9.17) is 16.3 Å². The molecule has 0 radical (unpaired) electrons. The third-order valence-electron chi connectivity index (χ3n) is 4.58. The zero-order valence-corrected chi connectivity index (χ0v) is 16.8. The lowest BCUT2D eigenvalue weighted by Crippen LogP contribution is -2.29. The minimum Gasteiger partial charge on any atom is -0.507 e. The summed E-state index contributed by atoms with van der Waals surface area (Å²) in [6.07, 6.45) is 1.55. The highest BCUT2D eigenvalue weighted by Gasteiger charge is 2.48. The molecule has 2 heterocycles. The lowest BCUT2D eigenvalue weighted by atomic mass is 9.95. The average Bonchev–Trinajstić information content (AvgIpc) is 3.34. The molecule has 2 aromatic carbocycles. The highest BCUT2D eigenvalue weighted by molar-refractivity contribution is 7.14. The van der Waals surface area contributed by atoms with Crippen LogP contribution in [0, 0.1) is 0 Å². The van der Waals surface area contributed by atoms with Crippen LogP contribution in [0.3, 0.4) is 0 Å². The summed E-state index contributed by atoms with van der Waals surface area (Å²) < 4.78 is 5.20. The number of aliphatic hydroxyl groups excluding tert-OH is 1. The van der Waals surface area contributed by atoms with Crippen molar-refractivity contribution in [3.63, 3.8) is 0 Å². The van der Waals surface area contributed by atoms with Gasteiger partial charge in [-0.1, -0.05) is 35.9 Å². The number of hydrogen-bond acceptors (Lipinski definition) is 6. The maximum atomic E-state index is 13.0. The van der Waals surface area contributed by atoms with Crippen molar-refractivity contribution in [1.29, 1.82) is 0 Å². The van der Waals surface area contributed by atoms with E-state index in [1.165, 1.54) is 23.3 Å². The number of carbonyl (C=O) groups excluding carboxylic acids is 2. The number of anilines is 1. The molecule has 3 aromatic rings. The summed E-state index contributed by atoms with van der Waals surface area (Å²) in [5.41, 5.74) is 0.936. The number of carbonyl (C=O) groups is 2. The molecule has 1 aliphatic rings. The monoisotopic (exact) mass is 426 g/mol. The molecular formula is C21H15ClN2O4S. The van der Waals surface area contributed by atoms with Gasteiger partial charge < -0.3 is 9.84 Å². The number of nitrogens with zero attached hydrogens (tertiary/aromatic N) is 2. The number of thiazole rings is 1. The van der Waals surface area contributed by atoms with Crippen molar-refractivity contribution in [2.75, 3.05) is 12.0 Å². The predicted octanol–water partition coefficient (Wildman–Crippen LogP) is 4.43. The highest BCUT2D eigenvalue weighted by atomic mass is 35.5. The van der Waals surface area contributed by atoms with Crippen LogP contribution in [0.5, 0.6) is 5.75 Å². The molecule has 1 unspecified atom stereocenters. The van der Waals surface area contributed by atoms with Gasteiger partial charge in [0.15, 0.2) is 5.13 Å². The minimum atomic E-state index is -0.856. The molecular weight excluding hydrogens is 412 g/mol. The van der Waals surface area contributed by atoms with Gasteiger partial charge in [-0.2, -0.15) is 0 Å². The zero-order chi connectivity index (χ0) is 20.5. The standard InChI is InChI=1S/C21H15ClN2O4S/c1-28-15-7-3-5-13(11-15)18(25)16-17(12-4-2-6-14(22)10-12)24(20(27)19(16)26)21-23-8-9-29-21/h2-11,17,25H,1H3/b18-16+. The van der Waals surface area contributed by atoms with Crippen LogP contribution in [-0.4, -0.2) is 28.9 Å². The number of amides is 1. The second kappa shape index (κ2) is 7.69. The number of ether oxygens (including phenoxy) is 1. The van der Waals surface area contributed by atoms with Crippen molar-refractivity contribution in [1.82, 2.24) is 4.98 Å². The lowest BCUT2D eigenvalue weighted by molar-refractivity contribution is -0.132. The number of rotatable bonds is 4. The van der Waals surface area contributed by atoms with Crippen molar-refractivity contribution in [3.05, 3.63) is 81.8 Å². The number of aliphatic hydroxyl groups is 1. The number of halogens is 1. The van der Waals surface area contributed by atoms with Crippen LogP contribution in [-0.2, 0) is 9.59 Å². The Hall–Kier alpha value is -3.16. The van der Waals surface area contributed by atoms with Gasteiger partial charge in [0.05, 0.1) is 18.7 Å². The Morgan fingerprint density at radius 1 is 1.21 bits per heavy atom. The Balaban J connectivity index is 1.95. The zero-order valence-electron chi connectivity index (χ0n) is 15.2. The fourth-order valence-electron chi connectivity index (χ4n) is 3.28. The molecule has 1 atom stereocenters. The predicted molar refractivity (Wildman–Crippen MR) is 111 cm³/mol. The van der Waals surface area contributed by atoms with Crippen LogP contribution < -0.4 is 9.64 Å². The molecule has 1 aromatic heterocycles. The fourth-order valence-corrected chi connectivity index (χ4v) is 4.15. The molecule has 1 aliphatic heterocycles. The highest BCUT2D eigenvalue weighted by Crippen LogP contribution is 2.43. The number of aromatic nitrogens is 1. The van der Waals surface area contributed by atoms with Gasteiger partial charge in [0, 0.05) is 22.2 Å². The molecule has 0 aliphatic carbocycles. The molecule has 146 valence electrons. The molecule has 4 rings (SSSR count). The third kappa shape index (κ3) is 3.39. The van der Waals surface area contributed by atoms with E-state index in [2.05, 4.69) is 4.98 Å². The van der Waals surface area contributed by atoms with Gasteiger partial charge in [0.1, 0.15) is 11.5 Å². The molecule has 0 spiro atoms. The minimum absolute atomic E-state index is 0.0271. The Labute approximate surface area is 175 Å². The Bertz CT molecular complexity index is 1130. The molecule has 1 N–H and O–H groups in total. The fraction of sp³-hybridized carbons (Fsp3) is 0.0952. The molecule has 29 heavy (non-hydrogen) atoms. The normalized spacial score (nSPS) is 18.3. The smallest absolute Gasteiger partial charge is 0.301 e. The van der Waals surface area contributed by atoms with Gasteiger partial charge in [-0.05, 0) is 29.8 Å². The maximum Gasteiger partial charge on any atom is 0.301 e. The number of hydrogen-bond donors (Lipinski definition) is 1. The first-order valence-electron chi connectivity index (χ1n) is 8.61. The maximum absolute atomic E-state index is 13.0. The Morgan fingerprint density at radius 2 is 2.00 bits per heavy atom. The van der Waals surface area contributed by atoms with Crippen LogP contribution >= 0.6 is 22.9 Å². The number of Topliss-reactive ketones (excluding diaryl/α,β-unsaturated/α-hetero) is 1. The summed E-state index contributed by atoms with van der Waals surface area (Å²) >= 11 is 7.38. The van der Waals surface area contributed by atoms with Gasteiger partial charge in [0.2, 0.25) is 0 Å². The largest absolute Gasteiger partial charge is 0.507 e. The van der Waals surface area contributed by atoms with Gasteiger partial charge in [-0.15, -0.1) is 11.3 Å². The van der Waals surface area contributed by atoms with Gasteiger partial charge >= 0.3 is 5.91 Å². The third-order valence-corrected chi connectivity index (χ3v) is 5.58. The molecule has 6 nitrogen and oxygen atoms in total. The summed E-state index contributed by atoms with van der Waals surface area (Å²) in [6, 6.07) is 12.6. The van der Waals surface area contributed by atoms with Crippen molar-refractivity contribution in [2.45, 2.75) is 6.04 Å². The Kier molecular flexibility index (Phi) is 5.08. The van der Waals surface area contributed by atoms with Gasteiger partial charge in [0.25, 0.3) is 5.78 Å². The lowest BCUT2D eigenvalue weighted by Gasteiger charge is -2.23. The molecule has 0 bridgehead atoms. The topological polar surface area (TPSA) is 79.7 Å². The first kappa shape index (κ1) is 19.2. The number of benzene rings is 2. The van der Waals surface area contributed by atoms with Crippen LogP contribution in [0.4, 0.5) is 5.13 Å². The van der Waals surface area contributed by atoms with E-state index in [-0.39, 0.29) is 11.3 Å². The van der Waals surface area contributed by atoms with E-state index >= 15 is 0 Å². The summed E-state index contributed by atoms with van der Waals surface area (Å²) in [5.74, 6) is -1.31. The van der Waals surface area contributed by atoms with Crippen molar-refractivity contribution >= 4 is 45.5 Å². The van der Waals surface area contributed by atoms with E-state index in [0.717, 1.165) is 0 Å². The van der Waals surface area contributed by atoms with Crippen molar-refractivity contribution < 1.29 is 19.4 Å². The van der Waals surface area contributed by atoms with E-state index in [9.17, 15) is 14.7 Å². The average molecular weight is 427 g/mol. The molecule has 1 fully saturated rings. The van der Waals surface area contributed by atoms with Crippen molar-refractivity contribution in [2.24, 2.45) is 0 Å². The van der Waals surface area contributed by atoms with Crippen molar-refractivity contribution in [3.8, 4) is 5.75 Å². The number of ketones is 1. The molecule has 0 saturated carbocycles. The second-order valence-corrected chi connectivity index (χ2v) is 7.58. The summed E-state index contributed by atoms with van der Waals surface area (Å²) in [5, 5.41) is 13.5. The van der Waals surface area contributed by atoms with Gasteiger partial charge in [-0.25, -0.2) is 4.98 Å². The van der Waals surface area contributed by atoms with Crippen LogP contribution in [0.1, 0.15) is 17.2 Å². The Morgan fingerprint density at radius 3 is 2.69 bits per heavy atom. The van der Waals surface area contributed by atoms with E-state index < -0.39 is 17.7 Å². The van der Waals surface area contributed by atoms with E-state index in [1.807, 2.05) is 0 Å². The first-order chi connectivity index (χ1) is 14.0. The first-order valence-corrected chi connectivity index (χ1v) is 9.87. The van der Waals surface area contributed by atoms with Gasteiger partial charge in [-0.3, -0.25) is 14.5 Å². The molecule has 1 amide bonds.